The summed E-state index contributed by atoms with van der Waals surface area (Å²) >= 11 is 0. The molecule has 0 saturated carbocycles. The zero-order valence-corrected chi connectivity index (χ0v) is 13.1. The molecule has 124 valence electrons. The fraction of sp³-hybridized carbons (Fsp3) is 0.222. The largest absolute Gasteiger partial charge is 0.493 e. The van der Waals surface area contributed by atoms with E-state index in [0.29, 0.717) is 11.5 Å². The van der Waals surface area contributed by atoms with E-state index in [1.165, 1.54) is 19.2 Å². The Bertz CT molecular complexity index is 755. The molecule has 24 heavy (non-hydrogen) atoms. The number of rotatable bonds is 7. The number of ether oxygens (including phenoxy) is 3. The van der Waals surface area contributed by atoms with Gasteiger partial charge in [-0.1, -0.05) is 18.2 Å². The second-order valence-corrected chi connectivity index (χ2v) is 4.83. The van der Waals surface area contributed by atoms with E-state index in [4.69, 9.17) is 19.5 Å². The van der Waals surface area contributed by atoms with Crippen LogP contribution in [0.5, 0.6) is 11.5 Å². The van der Waals surface area contributed by atoms with E-state index >= 15 is 0 Å². The van der Waals surface area contributed by atoms with Crippen molar-refractivity contribution in [3.8, 4) is 17.6 Å². The average molecular weight is 329 g/mol. The van der Waals surface area contributed by atoms with Crippen molar-refractivity contribution in [2.24, 2.45) is 0 Å². The molecule has 0 spiro atoms. The van der Waals surface area contributed by atoms with E-state index in [2.05, 4.69) is 0 Å². The second-order valence-electron chi connectivity index (χ2n) is 4.83. The van der Waals surface area contributed by atoms with Gasteiger partial charge in [0.15, 0.2) is 11.5 Å². The third-order valence-electron chi connectivity index (χ3n) is 3.20. The summed E-state index contributed by atoms with van der Waals surface area (Å²) in [6.07, 6.45) is 0.0238. The maximum absolute atomic E-state index is 13.7. The standard InChI is InChI=1S/C18H16FNO4/c1-22-16-4-2-3-5-17(16)23-9-8-18(21)24-12-14-7-6-13(11-20)10-15(14)19/h2-7,10H,8-9,12H2,1H3. The number of halogens is 1. The summed E-state index contributed by atoms with van der Waals surface area (Å²) in [4.78, 5) is 11.7. The van der Waals surface area contributed by atoms with Crippen LogP contribution in [-0.4, -0.2) is 19.7 Å². The predicted molar refractivity (Wildman–Crippen MR) is 84.0 cm³/mol. The summed E-state index contributed by atoms with van der Waals surface area (Å²) in [6, 6.07) is 12.9. The normalized spacial score (nSPS) is 9.88. The molecule has 0 heterocycles. The van der Waals surface area contributed by atoms with Crippen LogP contribution < -0.4 is 9.47 Å². The summed E-state index contributed by atoms with van der Waals surface area (Å²) < 4.78 is 29.3. The maximum atomic E-state index is 13.7. The Labute approximate surface area is 139 Å². The van der Waals surface area contributed by atoms with E-state index < -0.39 is 11.8 Å². The molecule has 0 saturated heterocycles. The van der Waals surface area contributed by atoms with Gasteiger partial charge in [-0.2, -0.15) is 5.26 Å². The topological polar surface area (TPSA) is 68.6 Å². The minimum Gasteiger partial charge on any atom is -0.493 e. The monoisotopic (exact) mass is 329 g/mol. The van der Waals surface area contributed by atoms with Gasteiger partial charge in [0.2, 0.25) is 0 Å². The van der Waals surface area contributed by atoms with Gasteiger partial charge >= 0.3 is 5.97 Å². The number of methoxy groups -OCH3 is 1. The van der Waals surface area contributed by atoms with Crippen molar-refractivity contribution in [3.05, 3.63) is 59.4 Å². The van der Waals surface area contributed by atoms with Crippen molar-refractivity contribution in [2.75, 3.05) is 13.7 Å². The Morgan fingerprint density at radius 3 is 2.62 bits per heavy atom. The van der Waals surface area contributed by atoms with Crippen LogP contribution in [0.4, 0.5) is 4.39 Å². The predicted octanol–water partition coefficient (Wildman–Crippen LogP) is 3.22. The van der Waals surface area contributed by atoms with Crippen molar-refractivity contribution in [2.45, 2.75) is 13.0 Å². The van der Waals surface area contributed by atoms with Crippen LogP contribution in [0.1, 0.15) is 17.5 Å². The van der Waals surface area contributed by atoms with Gasteiger partial charge in [0, 0.05) is 5.56 Å². The quantitative estimate of drug-likeness (QED) is 0.730. The summed E-state index contributed by atoms with van der Waals surface area (Å²) in [5.74, 6) is 0.0252. The minimum atomic E-state index is -0.577. The van der Waals surface area contributed by atoms with Crippen molar-refractivity contribution >= 4 is 5.97 Å². The van der Waals surface area contributed by atoms with Crippen molar-refractivity contribution < 1.29 is 23.4 Å². The number of nitriles is 1. The first-order valence-corrected chi connectivity index (χ1v) is 7.24. The third-order valence-corrected chi connectivity index (χ3v) is 3.20. The number of esters is 1. The molecule has 0 aliphatic carbocycles. The average Bonchev–Trinajstić information content (AvgIpc) is 2.61. The van der Waals surface area contributed by atoms with E-state index in [1.807, 2.05) is 12.1 Å². The second kappa shape index (κ2) is 8.53. The molecule has 0 N–H and O–H groups in total. The highest BCUT2D eigenvalue weighted by Crippen LogP contribution is 2.25. The molecule has 2 aromatic rings. The Morgan fingerprint density at radius 2 is 1.96 bits per heavy atom. The number of benzene rings is 2. The first-order valence-electron chi connectivity index (χ1n) is 7.24. The Morgan fingerprint density at radius 1 is 1.21 bits per heavy atom. The lowest BCUT2D eigenvalue weighted by molar-refractivity contribution is -0.145. The lowest BCUT2D eigenvalue weighted by Gasteiger charge is -2.10. The van der Waals surface area contributed by atoms with Crippen LogP contribution in [0.2, 0.25) is 0 Å². The van der Waals surface area contributed by atoms with Crippen molar-refractivity contribution in [1.82, 2.24) is 0 Å². The molecule has 2 rings (SSSR count). The molecule has 2 aromatic carbocycles. The van der Waals surface area contributed by atoms with Crippen LogP contribution in [0, 0.1) is 17.1 Å². The van der Waals surface area contributed by atoms with E-state index in [-0.39, 0.29) is 30.8 Å². The molecular formula is C18H16FNO4. The fourth-order valence-electron chi connectivity index (χ4n) is 1.95. The van der Waals surface area contributed by atoms with Crippen LogP contribution in [-0.2, 0) is 16.1 Å². The van der Waals surface area contributed by atoms with Crippen LogP contribution in [0.15, 0.2) is 42.5 Å². The number of hydrogen-bond donors (Lipinski definition) is 0. The fourth-order valence-corrected chi connectivity index (χ4v) is 1.95. The molecule has 6 heteroatoms. The van der Waals surface area contributed by atoms with E-state index in [0.717, 1.165) is 6.07 Å². The Kier molecular flexibility index (Phi) is 6.15. The first-order chi connectivity index (χ1) is 11.6. The third kappa shape index (κ3) is 4.71. The van der Waals surface area contributed by atoms with Gasteiger partial charge in [-0.3, -0.25) is 4.79 Å². The highest BCUT2D eigenvalue weighted by molar-refractivity contribution is 5.69. The van der Waals surface area contributed by atoms with Gasteiger partial charge < -0.3 is 14.2 Å². The number of carbonyl (C=O) groups excluding carboxylic acids is 1. The summed E-state index contributed by atoms with van der Waals surface area (Å²) in [7, 11) is 1.53. The number of para-hydroxylation sites is 2. The van der Waals surface area contributed by atoms with E-state index in [1.54, 1.807) is 18.2 Å². The van der Waals surface area contributed by atoms with Crippen molar-refractivity contribution in [1.29, 1.82) is 5.26 Å². The van der Waals surface area contributed by atoms with Gasteiger partial charge in [-0.05, 0) is 24.3 Å². The molecule has 0 aliphatic rings. The molecular weight excluding hydrogens is 313 g/mol. The van der Waals surface area contributed by atoms with Gasteiger partial charge in [0.25, 0.3) is 0 Å². The summed E-state index contributed by atoms with van der Waals surface area (Å²) in [5.41, 5.74) is 0.431. The molecule has 0 amide bonds. The molecule has 5 nitrogen and oxygen atoms in total. The SMILES string of the molecule is COc1ccccc1OCCC(=O)OCc1ccc(C#N)cc1F. The van der Waals surface area contributed by atoms with Gasteiger partial charge in [-0.15, -0.1) is 0 Å². The minimum absolute atomic E-state index is 0.0238. The molecule has 0 bridgehead atoms. The molecule has 0 radical (unpaired) electrons. The van der Waals surface area contributed by atoms with E-state index in [9.17, 15) is 9.18 Å². The molecule has 0 atom stereocenters. The molecule has 0 fully saturated rings. The van der Waals surface area contributed by atoms with Gasteiger partial charge in [0.05, 0.1) is 31.8 Å². The summed E-state index contributed by atoms with van der Waals surface area (Å²) in [6.45, 7) is -0.0694. The lowest BCUT2D eigenvalue weighted by Crippen LogP contribution is -2.10. The van der Waals surface area contributed by atoms with Crippen LogP contribution in [0.3, 0.4) is 0 Å². The van der Waals surface area contributed by atoms with Crippen LogP contribution in [0.25, 0.3) is 0 Å². The molecule has 0 aromatic heterocycles. The Balaban J connectivity index is 1.79. The molecule has 0 aliphatic heterocycles. The number of carbonyl (C=O) groups is 1. The highest BCUT2D eigenvalue weighted by atomic mass is 19.1. The Hall–Kier alpha value is -3.07. The molecule has 0 unspecified atom stereocenters. The first kappa shape index (κ1) is 17.3. The number of hydrogen-bond acceptors (Lipinski definition) is 5. The number of nitrogens with zero attached hydrogens (tertiary/aromatic N) is 1. The van der Waals surface area contributed by atoms with Gasteiger partial charge in [-0.25, -0.2) is 4.39 Å². The highest BCUT2D eigenvalue weighted by Gasteiger charge is 2.09. The smallest absolute Gasteiger partial charge is 0.309 e. The zero-order valence-electron chi connectivity index (χ0n) is 13.1. The lowest BCUT2D eigenvalue weighted by atomic mass is 10.1. The maximum Gasteiger partial charge on any atom is 0.309 e. The zero-order chi connectivity index (χ0) is 17.4. The summed E-state index contributed by atoms with van der Waals surface area (Å²) in [5, 5.41) is 8.67. The van der Waals surface area contributed by atoms with Crippen molar-refractivity contribution in [3.63, 3.8) is 0 Å². The van der Waals surface area contributed by atoms with Gasteiger partial charge in [0.1, 0.15) is 12.4 Å². The van der Waals surface area contributed by atoms with Crippen LogP contribution >= 0.6 is 0 Å².